The van der Waals surface area contributed by atoms with Crippen molar-refractivity contribution in [3.05, 3.63) is 34.9 Å². The number of hydrogen-bond donors (Lipinski definition) is 1. The molecule has 1 aromatic rings. The van der Waals surface area contributed by atoms with Crippen LogP contribution < -0.4 is 5.32 Å². The number of piperidine rings is 1. The third-order valence-electron chi connectivity index (χ3n) is 4.37. The highest BCUT2D eigenvalue weighted by atomic mass is 35.5. The van der Waals surface area contributed by atoms with Gasteiger partial charge in [0, 0.05) is 30.7 Å². The van der Waals surface area contributed by atoms with E-state index in [1.807, 2.05) is 29.2 Å². The number of likely N-dealkylation sites (tertiary alicyclic amines) is 1. The van der Waals surface area contributed by atoms with Crippen LogP contribution in [0.15, 0.2) is 24.3 Å². The van der Waals surface area contributed by atoms with Gasteiger partial charge in [0.15, 0.2) is 5.11 Å². The molecule has 0 unspecified atom stereocenters. The summed E-state index contributed by atoms with van der Waals surface area (Å²) in [6.07, 6.45) is 1.66. The Hall–Kier alpha value is -1.53. The fourth-order valence-corrected chi connectivity index (χ4v) is 3.50. The molecule has 1 amide bonds. The van der Waals surface area contributed by atoms with Crippen LogP contribution in [0.25, 0.3) is 0 Å². The van der Waals surface area contributed by atoms with Crippen molar-refractivity contribution in [3.8, 4) is 0 Å². The smallest absolute Gasteiger partial charge is 0.410 e. The lowest BCUT2D eigenvalue weighted by atomic mass is 10.0. The van der Waals surface area contributed by atoms with Crippen molar-refractivity contribution in [1.82, 2.24) is 15.1 Å². The van der Waals surface area contributed by atoms with Crippen molar-refractivity contribution in [1.29, 1.82) is 0 Å². The molecule has 2 saturated heterocycles. The van der Waals surface area contributed by atoms with E-state index in [4.69, 9.17) is 28.6 Å². The van der Waals surface area contributed by atoms with Gasteiger partial charge < -0.3 is 19.9 Å². The number of rotatable bonds is 3. The molecule has 3 rings (SSSR count). The van der Waals surface area contributed by atoms with Crippen molar-refractivity contribution in [3.63, 3.8) is 0 Å². The summed E-state index contributed by atoms with van der Waals surface area (Å²) in [6.45, 7) is 3.54. The van der Waals surface area contributed by atoms with Crippen LogP contribution in [0.1, 0.15) is 18.4 Å². The summed E-state index contributed by atoms with van der Waals surface area (Å²) in [6, 6.07) is 8.02. The van der Waals surface area contributed by atoms with Crippen molar-refractivity contribution >= 4 is 35.0 Å². The van der Waals surface area contributed by atoms with Gasteiger partial charge in [-0.3, -0.25) is 0 Å². The lowest BCUT2D eigenvalue weighted by Crippen LogP contribution is -2.49. The molecule has 0 saturated carbocycles. The standard InChI is InChI=1S/C16H20ClN3O2S/c17-14-4-2-1-3-12(14)11-18-15(23)19-7-5-13(6-8-19)20-9-10-22-16(20)21/h1-4,13H,5-11H2,(H,18,23). The Bertz CT molecular complexity index is 590. The van der Waals surface area contributed by atoms with E-state index < -0.39 is 0 Å². The molecule has 23 heavy (non-hydrogen) atoms. The average Bonchev–Trinajstić information content (AvgIpc) is 3.00. The molecular weight excluding hydrogens is 334 g/mol. The second kappa shape index (κ2) is 7.36. The SMILES string of the molecule is O=C1OCCN1C1CCN(C(=S)NCc2ccccc2Cl)CC1. The zero-order valence-electron chi connectivity index (χ0n) is 12.8. The third kappa shape index (κ3) is 3.87. The van der Waals surface area contributed by atoms with E-state index in [1.54, 1.807) is 0 Å². The lowest BCUT2D eigenvalue weighted by molar-refractivity contribution is 0.132. The second-order valence-corrected chi connectivity index (χ2v) is 6.57. The van der Waals surface area contributed by atoms with Gasteiger partial charge in [-0.1, -0.05) is 29.8 Å². The molecular formula is C16H20ClN3O2S. The van der Waals surface area contributed by atoms with Crippen LogP contribution in [0, 0.1) is 0 Å². The van der Waals surface area contributed by atoms with Gasteiger partial charge in [0.1, 0.15) is 6.61 Å². The highest BCUT2D eigenvalue weighted by Crippen LogP contribution is 2.20. The van der Waals surface area contributed by atoms with Crippen LogP contribution in [0.4, 0.5) is 4.79 Å². The highest BCUT2D eigenvalue weighted by molar-refractivity contribution is 7.80. The molecule has 2 fully saturated rings. The first-order valence-corrected chi connectivity index (χ1v) is 8.63. The molecule has 7 heteroatoms. The summed E-state index contributed by atoms with van der Waals surface area (Å²) in [4.78, 5) is 15.6. The van der Waals surface area contributed by atoms with E-state index in [2.05, 4.69) is 10.2 Å². The van der Waals surface area contributed by atoms with Gasteiger partial charge in [0.2, 0.25) is 0 Å². The Balaban J connectivity index is 1.47. The van der Waals surface area contributed by atoms with E-state index in [-0.39, 0.29) is 12.1 Å². The zero-order valence-corrected chi connectivity index (χ0v) is 14.4. The lowest BCUT2D eigenvalue weighted by Gasteiger charge is -2.36. The minimum atomic E-state index is -0.178. The predicted octanol–water partition coefficient (Wildman–Crippen LogP) is 2.63. The Morgan fingerprint density at radius 1 is 1.30 bits per heavy atom. The summed E-state index contributed by atoms with van der Waals surface area (Å²) >= 11 is 11.6. The topological polar surface area (TPSA) is 44.8 Å². The molecule has 124 valence electrons. The summed E-state index contributed by atoms with van der Waals surface area (Å²) in [5.74, 6) is 0. The van der Waals surface area contributed by atoms with Crippen molar-refractivity contribution in [2.24, 2.45) is 0 Å². The van der Waals surface area contributed by atoms with Crippen LogP contribution in [0.2, 0.25) is 5.02 Å². The molecule has 0 aromatic heterocycles. The van der Waals surface area contributed by atoms with E-state index in [1.165, 1.54) is 0 Å². The molecule has 1 N–H and O–H groups in total. The quantitative estimate of drug-likeness (QED) is 0.846. The van der Waals surface area contributed by atoms with Crippen LogP contribution >= 0.6 is 23.8 Å². The summed E-state index contributed by atoms with van der Waals surface area (Å²) < 4.78 is 5.01. The number of cyclic esters (lactones) is 1. The Morgan fingerprint density at radius 2 is 2.04 bits per heavy atom. The number of hydrogen-bond acceptors (Lipinski definition) is 3. The molecule has 0 atom stereocenters. The number of ether oxygens (including phenoxy) is 1. The van der Waals surface area contributed by atoms with E-state index in [0.29, 0.717) is 19.7 Å². The number of nitrogens with one attached hydrogen (secondary N) is 1. The first-order chi connectivity index (χ1) is 11.1. The maximum absolute atomic E-state index is 11.6. The van der Waals surface area contributed by atoms with Crippen LogP contribution in [0.5, 0.6) is 0 Å². The fourth-order valence-electron chi connectivity index (χ4n) is 3.04. The maximum Gasteiger partial charge on any atom is 0.410 e. The summed E-state index contributed by atoms with van der Waals surface area (Å²) in [7, 11) is 0. The Labute approximate surface area is 146 Å². The third-order valence-corrected chi connectivity index (χ3v) is 5.14. The molecule has 0 aliphatic carbocycles. The van der Waals surface area contributed by atoms with E-state index in [9.17, 15) is 4.79 Å². The first-order valence-electron chi connectivity index (χ1n) is 7.85. The van der Waals surface area contributed by atoms with Gasteiger partial charge in [-0.05, 0) is 36.7 Å². The van der Waals surface area contributed by atoms with Gasteiger partial charge in [-0.2, -0.15) is 0 Å². The molecule has 1 aromatic carbocycles. The molecule has 2 heterocycles. The monoisotopic (exact) mass is 353 g/mol. The van der Waals surface area contributed by atoms with E-state index >= 15 is 0 Å². The molecule has 0 radical (unpaired) electrons. The van der Waals surface area contributed by atoms with Gasteiger partial charge in [0.05, 0.1) is 6.54 Å². The molecule has 2 aliphatic heterocycles. The van der Waals surface area contributed by atoms with Crippen molar-refractivity contribution < 1.29 is 9.53 Å². The van der Waals surface area contributed by atoms with Gasteiger partial charge in [0.25, 0.3) is 0 Å². The van der Waals surface area contributed by atoms with Crippen molar-refractivity contribution in [2.45, 2.75) is 25.4 Å². The molecule has 5 nitrogen and oxygen atoms in total. The van der Waals surface area contributed by atoms with Crippen LogP contribution in [-0.4, -0.2) is 53.3 Å². The normalized spacial score (nSPS) is 18.9. The minimum Gasteiger partial charge on any atom is -0.448 e. The van der Waals surface area contributed by atoms with Gasteiger partial charge >= 0.3 is 6.09 Å². The molecule has 0 bridgehead atoms. The number of nitrogens with zero attached hydrogens (tertiary/aromatic N) is 2. The van der Waals surface area contributed by atoms with Gasteiger partial charge in [-0.15, -0.1) is 0 Å². The predicted molar refractivity (Wildman–Crippen MR) is 93.5 cm³/mol. The van der Waals surface area contributed by atoms with E-state index in [0.717, 1.165) is 41.6 Å². The largest absolute Gasteiger partial charge is 0.448 e. The number of benzene rings is 1. The van der Waals surface area contributed by atoms with Crippen LogP contribution in [0.3, 0.4) is 0 Å². The Kier molecular flexibility index (Phi) is 5.23. The highest BCUT2D eigenvalue weighted by Gasteiger charge is 2.32. The molecule has 0 spiro atoms. The number of thiocarbonyl (C=S) groups is 1. The second-order valence-electron chi connectivity index (χ2n) is 5.78. The molecule has 2 aliphatic rings. The number of carbonyl (C=O) groups is 1. The van der Waals surface area contributed by atoms with Crippen molar-refractivity contribution in [2.75, 3.05) is 26.2 Å². The number of carbonyl (C=O) groups excluding carboxylic acids is 1. The zero-order chi connectivity index (χ0) is 16.2. The minimum absolute atomic E-state index is 0.178. The first kappa shape index (κ1) is 16.3. The van der Waals surface area contributed by atoms with Gasteiger partial charge in [-0.25, -0.2) is 4.79 Å². The van der Waals surface area contributed by atoms with Crippen LogP contribution in [-0.2, 0) is 11.3 Å². The Morgan fingerprint density at radius 3 is 2.70 bits per heavy atom. The summed E-state index contributed by atoms with van der Waals surface area (Å²) in [5, 5.41) is 4.76. The maximum atomic E-state index is 11.6. The number of amides is 1. The number of halogens is 1. The summed E-state index contributed by atoms with van der Waals surface area (Å²) in [5.41, 5.74) is 1.03. The fraction of sp³-hybridized carbons (Fsp3) is 0.500. The average molecular weight is 354 g/mol.